The fourth-order valence-electron chi connectivity index (χ4n) is 2.37. The highest BCUT2D eigenvalue weighted by Crippen LogP contribution is 2.18. The zero-order chi connectivity index (χ0) is 17.1. The number of hydrogen-bond acceptors (Lipinski definition) is 3. The number of aromatic nitrogens is 1. The number of rotatable bonds is 4. The summed E-state index contributed by atoms with van der Waals surface area (Å²) in [6.45, 7) is 0.332. The van der Waals surface area contributed by atoms with Crippen molar-refractivity contribution in [3.05, 3.63) is 75.0 Å². The first kappa shape index (κ1) is 16.6. The van der Waals surface area contributed by atoms with Crippen molar-refractivity contribution >= 4 is 40.2 Å². The third-order valence-electron chi connectivity index (χ3n) is 3.70. The monoisotopic (exact) mass is 358 g/mol. The summed E-state index contributed by atoms with van der Waals surface area (Å²) < 4.78 is 0. The number of fused-ring (bicyclic) bond motifs is 1. The van der Waals surface area contributed by atoms with Gasteiger partial charge in [0.1, 0.15) is 5.56 Å². The lowest BCUT2D eigenvalue weighted by Gasteiger charge is -2.07. The summed E-state index contributed by atoms with van der Waals surface area (Å²) in [6, 6.07) is 12.8. The molecule has 3 aromatic rings. The normalized spacial score (nSPS) is 10.8. The van der Waals surface area contributed by atoms with E-state index in [2.05, 4.69) is 10.3 Å². The van der Waals surface area contributed by atoms with Gasteiger partial charge in [0.2, 0.25) is 5.43 Å². The van der Waals surface area contributed by atoms with Crippen molar-refractivity contribution in [3.63, 3.8) is 0 Å². The van der Waals surface area contributed by atoms with E-state index in [9.17, 15) is 9.59 Å². The summed E-state index contributed by atoms with van der Waals surface area (Å²) in [4.78, 5) is 28.9. The fraction of sp³-hybridized carbons (Fsp3) is 0.111. The van der Waals surface area contributed by atoms with Gasteiger partial charge in [0.15, 0.2) is 0 Å². The van der Waals surface area contributed by atoms with Crippen LogP contribution >= 0.6 is 23.4 Å². The minimum atomic E-state index is -0.400. The zero-order valence-electron chi connectivity index (χ0n) is 12.9. The Bertz CT molecular complexity index is 951. The van der Waals surface area contributed by atoms with E-state index in [0.717, 1.165) is 10.5 Å². The summed E-state index contributed by atoms with van der Waals surface area (Å²) in [6.07, 6.45) is 3.40. The first-order valence-electron chi connectivity index (χ1n) is 7.30. The topological polar surface area (TPSA) is 62.0 Å². The van der Waals surface area contributed by atoms with Gasteiger partial charge in [0.25, 0.3) is 5.91 Å². The molecule has 6 heteroatoms. The first-order chi connectivity index (χ1) is 11.6. The number of pyridine rings is 1. The van der Waals surface area contributed by atoms with Gasteiger partial charge in [-0.2, -0.15) is 0 Å². The number of halogens is 1. The number of benzene rings is 2. The molecule has 1 amide bonds. The molecule has 0 unspecified atom stereocenters. The van der Waals surface area contributed by atoms with Crippen molar-refractivity contribution in [3.8, 4) is 0 Å². The molecular weight excluding hydrogens is 344 g/mol. The Labute approximate surface area is 148 Å². The standard InChI is InChI=1S/C18H15ClN2O2S/c1-24-13-6-7-16-14(8-13)17(22)15(10-20-16)18(23)21-9-11-2-4-12(19)5-3-11/h2-8,10H,9H2,1H3,(H,20,22)(H,21,23). The largest absolute Gasteiger partial charge is 0.360 e. The lowest BCUT2D eigenvalue weighted by atomic mass is 10.1. The molecule has 0 aliphatic heterocycles. The Morgan fingerprint density at radius 3 is 2.67 bits per heavy atom. The van der Waals surface area contributed by atoms with Gasteiger partial charge < -0.3 is 10.3 Å². The summed E-state index contributed by atoms with van der Waals surface area (Å²) in [5.41, 5.74) is 1.46. The maximum Gasteiger partial charge on any atom is 0.257 e. The van der Waals surface area contributed by atoms with Crippen molar-refractivity contribution in [2.45, 2.75) is 11.4 Å². The lowest BCUT2D eigenvalue weighted by Crippen LogP contribution is -2.28. The van der Waals surface area contributed by atoms with Gasteiger partial charge in [-0.3, -0.25) is 9.59 Å². The van der Waals surface area contributed by atoms with Crippen LogP contribution in [0.1, 0.15) is 15.9 Å². The third-order valence-corrected chi connectivity index (χ3v) is 4.68. The van der Waals surface area contributed by atoms with Crippen LogP contribution < -0.4 is 10.7 Å². The number of nitrogens with one attached hydrogen (secondary N) is 2. The van der Waals surface area contributed by atoms with Crippen LogP contribution in [0.4, 0.5) is 0 Å². The van der Waals surface area contributed by atoms with Crippen molar-refractivity contribution in [1.82, 2.24) is 10.3 Å². The molecule has 2 N–H and O–H groups in total. The molecule has 3 rings (SSSR count). The number of aromatic amines is 1. The van der Waals surface area contributed by atoms with Crippen LogP contribution in [-0.2, 0) is 6.54 Å². The second kappa shape index (κ2) is 7.11. The molecule has 1 heterocycles. The Morgan fingerprint density at radius 2 is 1.96 bits per heavy atom. The molecule has 0 spiro atoms. The van der Waals surface area contributed by atoms with E-state index >= 15 is 0 Å². The molecule has 122 valence electrons. The number of thioether (sulfide) groups is 1. The Hall–Kier alpha value is -2.24. The van der Waals surface area contributed by atoms with Crippen molar-refractivity contribution in [2.75, 3.05) is 6.26 Å². The van der Waals surface area contributed by atoms with Crippen molar-refractivity contribution in [2.24, 2.45) is 0 Å². The summed E-state index contributed by atoms with van der Waals surface area (Å²) >= 11 is 7.39. The molecule has 0 saturated carbocycles. The van der Waals surface area contributed by atoms with Crippen LogP contribution in [0.5, 0.6) is 0 Å². The van der Waals surface area contributed by atoms with Gasteiger partial charge in [-0.05, 0) is 42.2 Å². The number of amides is 1. The second-order valence-corrected chi connectivity index (χ2v) is 6.57. The molecule has 0 saturated heterocycles. The predicted octanol–water partition coefficient (Wildman–Crippen LogP) is 3.83. The zero-order valence-corrected chi connectivity index (χ0v) is 14.5. The molecule has 1 aromatic heterocycles. The highest BCUT2D eigenvalue weighted by Gasteiger charge is 2.13. The van der Waals surface area contributed by atoms with Gasteiger partial charge in [-0.25, -0.2) is 0 Å². The third kappa shape index (κ3) is 3.47. The van der Waals surface area contributed by atoms with Gasteiger partial charge in [-0.15, -0.1) is 11.8 Å². The van der Waals surface area contributed by atoms with E-state index in [1.54, 1.807) is 30.0 Å². The first-order valence-corrected chi connectivity index (χ1v) is 8.91. The van der Waals surface area contributed by atoms with Crippen LogP contribution in [0, 0.1) is 0 Å². The maximum atomic E-state index is 12.6. The Morgan fingerprint density at radius 1 is 1.21 bits per heavy atom. The molecule has 0 aliphatic rings. The highest BCUT2D eigenvalue weighted by molar-refractivity contribution is 7.98. The summed E-state index contributed by atoms with van der Waals surface area (Å²) in [5.74, 6) is -0.400. The van der Waals surface area contributed by atoms with E-state index in [1.165, 1.54) is 6.20 Å². The number of hydrogen-bond donors (Lipinski definition) is 2. The highest BCUT2D eigenvalue weighted by atomic mass is 35.5. The van der Waals surface area contributed by atoms with E-state index < -0.39 is 5.91 Å². The van der Waals surface area contributed by atoms with E-state index in [0.29, 0.717) is 22.5 Å². The molecular formula is C18H15ClN2O2S. The predicted molar refractivity (Wildman–Crippen MR) is 99.0 cm³/mol. The maximum absolute atomic E-state index is 12.6. The summed E-state index contributed by atoms with van der Waals surface area (Å²) in [7, 11) is 0. The van der Waals surface area contributed by atoms with E-state index in [1.807, 2.05) is 30.5 Å². The van der Waals surface area contributed by atoms with Crippen molar-refractivity contribution in [1.29, 1.82) is 0 Å². The van der Waals surface area contributed by atoms with Gasteiger partial charge in [0.05, 0.1) is 0 Å². The molecule has 0 radical (unpaired) electrons. The van der Waals surface area contributed by atoms with Crippen LogP contribution in [0.25, 0.3) is 10.9 Å². The van der Waals surface area contributed by atoms with Crippen LogP contribution in [0.3, 0.4) is 0 Å². The average Bonchev–Trinajstić information content (AvgIpc) is 2.61. The number of carbonyl (C=O) groups is 1. The Balaban J connectivity index is 1.85. The SMILES string of the molecule is CSc1ccc2[nH]cc(C(=O)NCc3ccc(Cl)cc3)c(=O)c2c1. The lowest BCUT2D eigenvalue weighted by molar-refractivity contribution is 0.0949. The average molecular weight is 359 g/mol. The molecule has 0 bridgehead atoms. The smallest absolute Gasteiger partial charge is 0.257 e. The molecule has 0 fully saturated rings. The molecule has 0 atom stereocenters. The summed E-state index contributed by atoms with van der Waals surface area (Å²) in [5, 5.41) is 3.92. The molecule has 0 aliphatic carbocycles. The van der Waals surface area contributed by atoms with E-state index in [4.69, 9.17) is 11.6 Å². The van der Waals surface area contributed by atoms with Gasteiger partial charge >= 0.3 is 0 Å². The minimum Gasteiger partial charge on any atom is -0.360 e. The fourth-order valence-corrected chi connectivity index (χ4v) is 2.94. The second-order valence-electron chi connectivity index (χ2n) is 5.25. The van der Waals surface area contributed by atoms with Crippen LogP contribution in [0.2, 0.25) is 5.02 Å². The number of carbonyl (C=O) groups excluding carboxylic acids is 1. The van der Waals surface area contributed by atoms with Gasteiger partial charge in [0, 0.05) is 33.6 Å². The number of H-pyrrole nitrogens is 1. The van der Waals surface area contributed by atoms with Gasteiger partial charge in [-0.1, -0.05) is 23.7 Å². The molecule has 2 aromatic carbocycles. The minimum absolute atomic E-state index is 0.106. The quantitative estimate of drug-likeness (QED) is 0.697. The Kier molecular flexibility index (Phi) is 4.92. The molecule has 24 heavy (non-hydrogen) atoms. The van der Waals surface area contributed by atoms with Crippen molar-refractivity contribution < 1.29 is 4.79 Å². The van der Waals surface area contributed by atoms with E-state index in [-0.39, 0.29) is 11.0 Å². The van der Waals surface area contributed by atoms with Crippen LogP contribution in [-0.4, -0.2) is 17.1 Å². The molecule has 4 nitrogen and oxygen atoms in total. The van der Waals surface area contributed by atoms with Crippen LogP contribution in [0.15, 0.2) is 58.4 Å².